The van der Waals surface area contributed by atoms with Crippen LogP contribution in [0.2, 0.25) is 0 Å². The molecule has 1 atom stereocenters. The van der Waals surface area contributed by atoms with Crippen LogP contribution in [0, 0.1) is 0 Å². The van der Waals surface area contributed by atoms with Crippen LogP contribution in [-0.4, -0.2) is 71.3 Å². The lowest BCUT2D eigenvalue weighted by Gasteiger charge is -2.35. The number of nitrogens with zero attached hydrogens (tertiary/aromatic N) is 4. The van der Waals surface area contributed by atoms with E-state index in [2.05, 4.69) is 4.98 Å². The first-order valence-electron chi connectivity index (χ1n) is 11.2. The molecule has 0 bridgehead atoms. The van der Waals surface area contributed by atoms with E-state index in [0.717, 1.165) is 0 Å². The fourth-order valence-electron chi connectivity index (χ4n) is 3.93. The molecule has 10 nitrogen and oxygen atoms in total. The van der Waals surface area contributed by atoms with E-state index in [0.29, 0.717) is 10.9 Å². The van der Waals surface area contributed by atoms with Crippen molar-refractivity contribution in [3.8, 4) is 0 Å². The van der Waals surface area contributed by atoms with Crippen LogP contribution in [0.3, 0.4) is 0 Å². The van der Waals surface area contributed by atoms with Gasteiger partial charge in [0.25, 0.3) is 11.5 Å². The Labute approximate surface area is 202 Å². The summed E-state index contributed by atoms with van der Waals surface area (Å²) < 4.78 is 33.5. The van der Waals surface area contributed by atoms with Crippen molar-refractivity contribution in [3.05, 3.63) is 71.3 Å². The first-order valence-corrected chi connectivity index (χ1v) is 12.7. The zero-order valence-corrected chi connectivity index (χ0v) is 20.1. The van der Waals surface area contributed by atoms with Crippen molar-refractivity contribution in [2.24, 2.45) is 0 Å². The van der Waals surface area contributed by atoms with Crippen LogP contribution >= 0.6 is 0 Å². The number of hydrogen-bond donors (Lipinski definition) is 0. The monoisotopic (exact) mass is 498 g/mol. The molecular weight excluding hydrogens is 472 g/mol. The van der Waals surface area contributed by atoms with Gasteiger partial charge in [-0.1, -0.05) is 30.3 Å². The molecule has 184 valence electrons. The van der Waals surface area contributed by atoms with E-state index in [9.17, 15) is 22.8 Å². The minimum Gasteiger partial charge on any atom is -0.452 e. The number of fused-ring (bicyclic) bond motifs is 1. The summed E-state index contributed by atoms with van der Waals surface area (Å²) in [5.41, 5.74) is 0.322. The molecule has 1 amide bonds. The number of hydrogen-bond acceptors (Lipinski definition) is 7. The number of amides is 1. The standard InChI is InChI=1S/C24H26N4O6S/c1-18(34-22(29)11-12-27-17-25-21-10-6-5-9-20(21)24(27)31)23(30)26-13-15-28(16-14-26)35(32,33)19-7-3-2-4-8-19/h2-10,17-18H,11-16H2,1H3/t18-/m1/s1. The van der Waals surface area contributed by atoms with Gasteiger partial charge in [0, 0.05) is 32.7 Å². The number of esters is 1. The summed E-state index contributed by atoms with van der Waals surface area (Å²) in [5.74, 6) is -1.00. The van der Waals surface area contributed by atoms with Crippen LogP contribution in [0.15, 0.2) is 70.6 Å². The van der Waals surface area contributed by atoms with E-state index in [1.807, 2.05) is 0 Å². The minimum atomic E-state index is -3.62. The van der Waals surface area contributed by atoms with Crippen LogP contribution in [0.25, 0.3) is 10.9 Å². The average molecular weight is 499 g/mol. The van der Waals surface area contributed by atoms with E-state index in [-0.39, 0.29) is 55.5 Å². The van der Waals surface area contributed by atoms with Gasteiger partial charge in [0.1, 0.15) is 0 Å². The highest BCUT2D eigenvalue weighted by Gasteiger charge is 2.32. The summed E-state index contributed by atoms with van der Waals surface area (Å²) in [7, 11) is -3.62. The van der Waals surface area contributed by atoms with Gasteiger partial charge in [-0.25, -0.2) is 13.4 Å². The number of ether oxygens (including phenoxy) is 1. The molecule has 11 heteroatoms. The Morgan fingerprint density at radius 1 is 1.00 bits per heavy atom. The third-order valence-corrected chi connectivity index (χ3v) is 7.79. The number of rotatable bonds is 7. The number of aromatic nitrogens is 2. The molecular formula is C24H26N4O6S. The average Bonchev–Trinajstić information content (AvgIpc) is 2.88. The van der Waals surface area contributed by atoms with Gasteiger partial charge < -0.3 is 9.64 Å². The van der Waals surface area contributed by atoms with Gasteiger partial charge in [0.15, 0.2) is 6.10 Å². The Morgan fingerprint density at radius 3 is 2.37 bits per heavy atom. The lowest BCUT2D eigenvalue weighted by atomic mass is 10.2. The van der Waals surface area contributed by atoms with Crippen molar-refractivity contribution >= 4 is 32.8 Å². The van der Waals surface area contributed by atoms with Crippen LogP contribution in [-0.2, 0) is 30.9 Å². The molecule has 1 aliphatic heterocycles. The van der Waals surface area contributed by atoms with E-state index in [1.165, 1.54) is 39.2 Å². The maximum atomic E-state index is 12.8. The largest absolute Gasteiger partial charge is 0.452 e. The summed E-state index contributed by atoms with van der Waals surface area (Å²) in [6.07, 6.45) is 0.266. The molecule has 1 fully saturated rings. The van der Waals surface area contributed by atoms with Gasteiger partial charge in [-0.15, -0.1) is 0 Å². The van der Waals surface area contributed by atoms with Crippen molar-refractivity contribution in [1.82, 2.24) is 18.8 Å². The predicted molar refractivity (Wildman–Crippen MR) is 128 cm³/mol. The summed E-state index contributed by atoms with van der Waals surface area (Å²) in [4.78, 5) is 43.5. The Kier molecular flexibility index (Phi) is 7.27. The molecule has 0 N–H and O–H groups in total. The molecule has 0 unspecified atom stereocenters. The summed E-state index contributed by atoms with van der Waals surface area (Å²) in [6.45, 7) is 2.27. The van der Waals surface area contributed by atoms with E-state index in [4.69, 9.17) is 4.74 Å². The predicted octanol–water partition coefficient (Wildman–Crippen LogP) is 1.25. The van der Waals surface area contributed by atoms with Crippen molar-refractivity contribution in [1.29, 1.82) is 0 Å². The SMILES string of the molecule is C[C@@H](OC(=O)CCn1cnc2ccccc2c1=O)C(=O)N1CCN(S(=O)(=O)c2ccccc2)CC1. The molecule has 1 saturated heterocycles. The molecule has 35 heavy (non-hydrogen) atoms. The van der Waals surface area contributed by atoms with Gasteiger partial charge in [0.2, 0.25) is 10.0 Å². The number of carbonyl (C=O) groups is 2. The third kappa shape index (κ3) is 5.41. The number of piperazine rings is 1. The van der Waals surface area contributed by atoms with E-state index < -0.39 is 22.1 Å². The maximum absolute atomic E-state index is 12.8. The lowest BCUT2D eigenvalue weighted by Crippen LogP contribution is -2.52. The normalized spacial score (nSPS) is 15.6. The van der Waals surface area contributed by atoms with Gasteiger partial charge in [-0.2, -0.15) is 4.31 Å². The molecule has 2 heterocycles. The number of benzene rings is 2. The quantitative estimate of drug-likeness (QED) is 0.450. The van der Waals surface area contributed by atoms with Crippen molar-refractivity contribution in [3.63, 3.8) is 0 Å². The summed E-state index contributed by atoms with van der Waals surface area (Å²) in [5, 5.41) is 0.459. The van der Waals surface area contributed by atoms with Crippen molar-refractivity contribution < 1.29 is 22.7 Å². The molecule has 0 spiro atoms. The molecule has 0 radical (unpaired) electrons. The zero-order chi connectivity index (χ0) is 25.0. The Balaban J connectivity index is 1.28. The Morgan fingerprint density at radius 2 is 1.66 bits per heavy atom. The first-order chi connectivity index (χ1) is 16.8. The van der Waals surface area contributed by atoms with Crippen LogP contribution in [0.1, 0.15) is 13.3 Å². The molecule has 3 aromatic rings. The van der Waals surface area contributed by atoms with Crippen LogP contribution in [0.4, 0.5) is 0 Å². The minimum absolute atomic E-state index is 0.0758. The molecule has 0 aliphatic carbocycles. The number of para-hydroxylation sites is 1. The molecule has 2 aromatic carbocycles. The topological polar surface area (TPSA) is 119 Å². The second kappa shape index (κ2) is 10.4. The van der Waals surface area contributed by atoms with Crippen molar-refractivity contribution in [2.45, 2.75) is 30.9 Å². The molecule has 1 aliphatic rings. The van der Waals surface area contributed by atoms with Crippen LogP contribution < -0.4 is 5.56 Å². The van der Waals surface area contributed by atoms with Gasteiger partial charge in [-0.3, -0.25) is 19.0 Å². The third-order valence-electron chi connectivity index (χ3n) is 5.88. The zero-order valence-electron chi connectivity index (χ0n) is 19.2. The highest BCUT2D eigenvalue weighted by atomic mass is 32.2. The molecule has 4 rings (SSSR count). The second-order valence-electron chi connectivity index (χ2n) is 8.18. The van der Waals surface area contributed by atoms with Crippen LogP contribution in [0.5, 0.6) is 0 Å². The van der Waals surface area contributed by atoms with Crippen molar-refractivity contribution in [2.75, 3.05) is 26.2 Å². The van der Waals surface area contributed by atoms with Gasteiger partial charge in [0.05, 0.1) is 28.5 Å². The maximum Gasteiger partial charge on any atom is 0.308 e. The molecule has 1 aromatic heterocycles. The smallest absolute Gasteiger partial charge is 0.308 e. The highest BCUT2D eigenvalue weighted by Crippen LogP contribution is 2.18. The van der Waals surface area contributed by atoms with E-state index >= 15 is 0 Å². The Hall–Kier alpha value is -3.57. The summed E-state index contributed by atoms with van der Waals surface area (Å²) >= 11 is 0. The van der Waals surface area contributed by atoms with E-state index in [1.54, 1.807) is 42.5 Å². The molecule has 0 saturated carbocycles. The number of aryl methyl sites for hydroxylation is 1. The highest BCUT2D eigenvalue weighted by molar-refractivity contribution is 7.89. The lowest BCUT2D eigenvalue weighted by molar-refractivity contribution is -0.159. The van der Waals surface area contributed by atoms with Gasteiger partial charge in [-0.05, 0) is 31.2 Å². The number of sulfonamides is 1. The van der Waals surface area contributed by atoms with Gasteiger partial charge >= 0.3 is 5.97 Å². The summed E-state index contributed by atoms with van der Waals surface area (Å²) in [6, 6.07) is 15.1. The second-order valence-corrected chi connectivity index (χ2v) is 10.1. The fraction of sp³-hybridized carbons (Fsp3) is 0.333. The first kappa shape index (κ1) is 24.6. The number of carbonyl (C=O) groups excluding carboxylic acids is 2. The Bertz CT molecular complexity index is 1380. The fourth-order valence-corrected chi connectivity index (χ4v) is 5.37.